The van der Waals surface area contributed by atoms with E-state index in [1.165, 1.54) is 30.6 Å². The molecule has 1 aliphatic carbocycles. The normalized spacial score (nSPS) is 18.2. The van der Waals surface area contributed by atoms with Crippen molar-refractivity contribution in [2.45, 2.75) is 44.4 Å². The van der Waals surface area contributed by atoms with E-state index in [4.69, 9.17) is 9.84 Å². The van der Waals surface area contributed by atoms with Gasteiger partial charge in [-0.2, -0.15) is 13.2 Å². The number of hydrogen-bond donors (Lipinski definition) is 2. The highest BCUT2D eigenvalue weighted by molar-refractivity contribution is 5.77. The minimum atomic E-state index is -4.61. The van der Waals surface area contributed by atoms with Gasteiger partial charge in [0.05, 0.1) is 29.2 Å². The first-order valence-electron chi connectivity index (χ1n) is 11.6. The number of nitrogens with one attached hydrogen (secondary N) is 1. The van der Waals surface area contributed by atoms with Crippen molar-refractivity contribution >= 4 is 17.1 Å². The maximum Gasteiger partial charge on any atom is 0.433 e. The molecule has 37 heavy (non-hydrogen) atoms. The first kappa shape index (κ1) is 24.6. The SMILES string of the molecule is O=C(O)C[C@H]1CC[C@H](Oc2cnc(-c3ccc(-c4nc5nc(C(F)(F)F)ccc5[nH]4)c(F)c3)cn2)CC1. The lowest BCUT2D eigenvalue weighted by molar-refractivity contribution is -0.141. The molecule has 0 atom stereocenters. The van der Waals surface area contributed by atoms with Gasteiger partial charge in [-0.15, -0.1) is 0 Å². The maximum absolute atomic E-state index is 14.9. The fourth-order valence-electron chi connectivity index (χ4n) is 4.44. The van der Waals surface area contributed by atoms with Crippen LogP contribution in [0.5, 0.6) is 5.88 Å². The number of hydrogen-bond acceptors (Lipinski definition) is 6. The van der Waals surface area contributed by atoms with Crippen molar-refractivity contribution in [2.24, 2.45) is 5.92 Å². The highest BCUT2D eigenvalue weighted by Crippen LogP contribution is 2.32. The quantitative estimate of drug-likeness (QED) is 0.319. The Morgan fingerprint density at radius 3 is 2.49 bits per heavy atom. The van der Waals surface area contributed by atoms with Crippen molar-refractivity contribution in [3.05, 3.63) is 54.2 Å². The lowest BCUT2D eigenvalue weighted by Crippen LogP contribution is -2.25. The van der Waals surface area contributed by atoms with E-state index in [9.17, 15) is 22.4 Å². The fraction of sp³-hybridized carbons (Fsp3) is 0.320. The molecule has 3 heterocycles. The van der Waals surface area contributed by atoms with Gasteiger partial charge < -0.3 is 14.8 Å². The van der Waals surface area contributed by atoms with Gasteiger partial charge in [0.25, 0.3) is 0 Å². The molecule has 1 aromatic carbocycles. The molecular weight excluding hydrogens is 494 g/mol. The number of aromatic amines is 1. The molecule has 5 rings (SSSR count). The number of rotatable bonds is 6. The van der Waals surface area contributed by atoms with Crippen molar-refractivity contribution in [1.29, 1.82) is 0 Å². The number of halogens is 4. The summed E-state index contributed by atoms with van der Waals surface area (Å²) in [7, 11) is 0. The number of aromatic nitrogens is 5. The molecule has 12 heteroatoms. The molecule has 1 aliphatic rings. The Morgan fingerprint density at radius 2 is 1.84 bits per heavy atom. The van der Waals surface area contributed by atoms with Crippen molar-refractivity contribution in [3.63, 3.8) is 0 Å². The molecule has 0 spiro atoms. The summed E-state index contributed by atoms with van der Waals surface area (Å²) in [6, 6.07) is 6.34. The number of alkyl halides is 3. The topological polar surface area (TPSA) is 114 Å². The van der Waals surface area contributed by atoms with E-state index in [2.05, 4.69) is 24.9 Å². The molecule has 4 aromatic rings. The largest absolute Gasteiger partial charge is 0.481 e. The zero-order valence-electron chi connectivity index (χ0n) is 19.3. The number of pyridine rings is 1. The number of aliphatic carboxylic acids is 1. The number of benzene rings is 1. The predicted molar refractivity (Wildman–Crippen MR) is 124 cm³/mol. The highest BCUT2D eigenvalue weighted by atomic mass is 19.4. The number of fused-ring (bicyclic) bond motifs is 1. The molecule has 8 nitrogen and oxygen atoms in total. The summed E-state index contributed by atoms with van der Waals surface area (Å²) in [4.78, 5) is 29.8. The lowest BCUT2D eigenvalue weighted by atomic mass is 9.85. The third-order valence-corrected chi connectivity index (χ3v) is 6.33. The first-order chi connectivity index (χ1) is 17.7. The second kappa shape index (κ2) is 9.75. The van der Waals surface area contributed by atoms with Crippen LogP contribution in [-0.4, -0.2) is 42.1 Å². The van der Waals surface area contributed by atoms with Crippen molar-refractivity contribution in [1.82, 2.24) is 24.9 Å². The minimum absolute atomic E-state index is 0.0544. The summed E-state index contributed by atoms with van der Waals surface area (Å²) in [5.74, 6) is -0.886. The van der Waals surface area contributed by atoms with E-state index < -0.39 is 23.7 Å². The molecule has 0 unspecified atom stereocenters. The minimum Gasteiger partial charge on any atom is -0.481 e. The molecule has 0 aliphatic heterocycles. The van der Waals surface area contributed by atoms with Crippen LogP contribution in [0.15, 0.2) is 42.7 Å². The molecule has 1 saturated carbocycles. The summed E-state index contributed by atoms with van der Waals surface area (Å²) in [5, 5.41) is 8.93. The number of H-pyrrole nitrogens is 1. The molecule has 2 N–H and O–H groups in total. The van der Waals surface area contributed by atoms with Gasteiger partial charge in [-0.1, -0.05) is 6.07 Å². The molecule has 1 fully saturated rings. The molecule has 0 saturated heterocycles. The molecule has 192 valence electrons. The summed E-state index contributed by atoms with van der Waals surface area (Å²) in [6.45, 7) is 0. The van der Waals surface area contributed by atoms with E-state index in [0.29, 0.717) is 17.1 Å². The molecule has 0 amide bonds. The van der Waals surface area contributed by atoms with Crippen LogP contribution in [0.2, 0.25) is 0 Å². The molecule has 0 radical (unpaired) electrons. The molecular formula is C25H21F4N5O3. The van der Waals surface area contributed by atoms with Crippen LogP contribution in [0.25, 0.3) is 33.8 Å². The van der Waals surface area contributed by atoms with Crippen LogP contribution < -0.4 is 4.74 Å². The van der Waals surface area contributed by atoms with Gasteiger partial charge in [0.1, 0.15) is 23.4 Å². The van der Waals surface area contributed by atoms with Crippen LogP contribution in [0, 0.1) is 11.7 Å². The van der Waals surface area contributed by atoms with E-state index in [1.807, 2.05) is 0 Å². The Labute approximate surface area is 207 Å². The summed E-state index contributed by atoms with van der Waals surface area (Å²) >= 11 is 0. The Bertz CT molecular complexity index is 1430. The van der Waals surface area contributed by atoms with Crippen molar-refractivity contribution in [2.75, 3.05) is 0 Å². The fourth-order valence-corrected chi connectivity index (χ4v) is 4.44. The van der Waals surface area contributed by atoms with Gasteiger partial charge in [-0.3, -0.25) is 4.79 Å². The first-order valence-corrected chi connectivity index (χ1v) is 11.6. The van der Waals surface area contributed by atoms with Gasteiger partial charge in [0.2, 0.25) is 5.88 Å². The van der Waals surface area contributed by atoms with Gasteiger partial charge >= 0.3 is 12.1 Å². The molecule has 3 aromatic heterocycles. The number of imidazole rings is 1. The smallest absolute Gasteiger partial charge is 0.433 e. The average molecular weight is 515 g/mol. The second-order valence-corrected chi connectivity index (χ2v) is 8.94. The van der Waals surface area contributed by atoms with Gasteiger partial charge in [0.15, 0.2) is 5.65 Å². The average Bonchev–Trinajstić information content (AvgIpc) is 3.28. The van der Waals surface area contributed by atoms with E-state index in [1.54, 1.807) is 6.07 Å². The zero-order valence-corrected chi connectivity index (χ0v) is 19.3. The van der Waals surface area contributed by atoms with Gasteiger partial charge in [-0.05, 0) is 55.9 Å². The van der Waals surface area contributed by atoms with Crippen LogP contribution in [-0.2, 0) is 11.0 Å². The van der Waals surface area contributed by atoms with E-state index in [0.717, 1.165) is 31.7 Å². The third kappa shape index (κ3) is 5.52. The van der Waals surface area contributed by atoms with Crippen molar-refractivity contribution in [3.8, 4) is 28.5 Å². The Kier molecular flexibility index (Phi) is 6.48. The van der Waals surface area contributed by atoms with Crippen LogP contribution in [0.1, 0.15) is 37.8 Å². The number of carbonyl (C=O) groups is 1. The zero-order chi connectivity index (χ0) is 26.2. The van der Waals surface area contributed by atoms with Gasteiger partial charge in [0, 0.05) is 12.0 Å². The molecule has 0 bridgehead atoms. The Balaban J connectivity index is 1.27. The second-order valence-electron chi connectivity index (χ2n) is 8.94. The van der Waals surface area contributed by atoms with Crippen LogP contribution in [0.4, 0.5) is 17.6 Å². The maximum atomic E-state index is 14.9. The highest BCUT2D eigenvalue weighted by Gasteiger charge is 2.33. The predicted octanol–water partition coefficient (Wildman–Crippen LogP) is 5.65. The lowest BCUT2D eigenvalue weighted by Gasteiger charge is -2.27. The summed E-state index contributed by atoms with van der Waals surface area (Å²) < 4.78 is 59.6. The monoisotopic (exact) mass is 515 g/mol. The van der Waals surface area contributed by atoms with E-state index >= 15 is 0 Å². The summed E-state index contributed by atoms with van der Waals surface area (Å²) in [5.41, 5.74) is -0.0620. The van der Waals surface area contributed by atoms with Crippen LogP contribution in [0.3, 0.4) is 0 Å². The standard InChI is InChI=1S/C25H21F4N5O3/c26-17-10-14(3-6-16(17)23-32-18-7-8-20(25(27,28)29)33-24(18)34-23)19-11-31-21(12-30-19)37-15-4-1-13(2-5-15)9-22(35)36/h3,6-8,10-13,15H,1-2,4-5,9H2,(H,35,36)(H,32,33,34)/t13-,15-. The van der Waals surface area contributed by atoms with Gasteiger partial charge in [-0.25, -0.2) is 24.3 Å². The number of nitrogens with zero attached hydrogens (tertiary/aromatic N) is 4. The van der Waals surface area contributed by atoms with Crippen molar-refractivity contribution < 1.29 is 32.2 Å². The third-order valence-electron chi connectivity index (χ3n) is 6.33. The number of ether oxygens (including phenoxy) is 1. The summed E-state index contributed by atoms with van der Waals surface area (Å²) in [6.07, 6.45) is 1.44. The number of carboxylic acid groups (broad SMARTS) is 1. The number of carboxylic acids is 1. The van der Waals surface area contributed by atoms with E-state index in [-0.39, 0.29) is 41.0 Å². The van der Waals surface area contributed by atoms with Crippen LogP contribution >= 0.6 is 0 Å². The Morgan fingerprint density at radius 1 is 1.05 bits per heavy atom. The Hall–Kier alpha value is -4.09.